The number of nitrogens with zero attached hydrogens (tertiary/aromatic N) is 2. The third kappa shape index (κ3) is 5.23. The number of halogens is 1. The molecule has 0 radical (unpaired) electrons. The summed E-state index contributed by atoms with van der Waals surface area (Å²) in [4.78, 5) is 13.6. The number of rotatable bonds is 7. The highest BCUT2D eigenvalue weighted by molar-refractivity contribution is 7.89. The summed E-state index contributed by atoms with van der Waals surface area (Å²) in [5.41, 5.74) is 0. The number of nitrogens with one attached hydrogen (secondary N) is 1. The van der Waals surface area contributed by atoms with Crippen molar-refractivity contribution in [2.45, 2.75) is 37.6 Å². The maximum atomic E-state index is 13.8. The lowest BCUT2D eigenvalue weighted by Gasteiger charge is -2.33. The lowest BCUT2D eigenvalue weighted by atomic mass is 10.2. The van der Waals surface area contributed by atoms with E-state index in [-0.39, 0.29) is 36.5 Å². The molecule has 1 aliphatic rings. The standard InChI is InChI=1S/C17H26FN3O3S/c1-3-6-14(2)19-17(22)13-20-9-11-21(12-10-20)25(23,24)16-8-5-4-7-15(16)18/h4-5,7-8,14H,3,6,9-13H2,1-2H3,(H,19,22)/t14-/m1/s1. The fourth-order valence-electron chi connectivity index (χ4n) is 2.95. The van der Waals surface area contributed by atoms with Gasteiger partial charge < -0.3 is 5.32 Å². The molecule has 1 atom stereocenters. The van der Waals surface area contributed by atoms with Crippen LogP contribution in [0.4, 0.5) is 4.39 Å². The zero-order valence-electron chi connectivity index (χ0n) is 14.7. The molecule has 0 saturated carbocycles. The molecule has 1 aliphatic heterocycles. The predicted octanol–water partition coefficient (Wildman–Crippen LogP) is 1.44. The quantitative estimate of drug-likeness (QED) is 0.787. The van der Waals surface area contributed by atoms with Gasteiger partial charge in [-0.1, -0.05) is 25.5 Å². The van der Waals surface area contributed by atoms with Gasteiger partial charge in [-0.2, -0.15) is 4.31 Å². The average Bonchev–Trinajstić information content (AvgIpc) is 2.55. The molecule has 6 nitrogen and oxygen atoms in total. The van der Waals surface area contributed by atoms with E-state index in [9.17, 15) is 17.6 Å². The van der Waals surface area contributed by atoms with Crippen LogP contribution in [0.15, 0.2) is 29.2 Å². The smallest absolute Gasteiger partial charge is 0.246 e. The second kappa shape index (κ2) is 8.73. The van der Waals surface area contributed by atoms with Crippen LogP contribution < -0.4 is 5.32 Å². The minimum absolute atomic E-state index is 0.0497. The molecule has 0 bridgehead atoms. The highest BCUT2D eigenvalue weighted by atomic mass is 32.2. The molecule has 1 aromatic carbocycles. The summed E-state index contributed by atoms with van der Waals surface area (Å²) in [6, 6.07) is 5.53. The normalized spacial score (nSPS) is 18.0. The lowest BCUT2D eigenvalue weighted by Crippen LogP contribution is -2.51. The van der Waals surface area contributed by atoms with Gasteiger partial charge in [0.05, 0.1) is 6.54 Å². The molecule has 8 heteroatoms. The third-order valence-corrected chi connectivity index (χ3v) is 6.21. The van der Waals surface area contributed by atoms with Crippen LogP contribution in [-0.2, 0) is 14.8 Å². The topological polar surface area (TPSA) is 69.7 Å². The van der Waals surface area contributed by atoms with E-state index in [1.165, 1.54) is 22.5 Å². The average molecular weight is 371 g/mol. The predicted molar refractivity (Wildman–Crippen MR) is 94.1 cm³/mol. The Labute approximate surface area is 149 Å². The van der Waals surface area contributed by atoms with Gasteiger partial charge >= 0.3 is 0 Å². The number of piperazine rings is 1. The fraction of sp³-hybridized carbons (Fsp3) is 0.588. The van der Waals surface area contributed by atoms with E-state index in [2.05, 4.69) is 12.2 Å². The van der Waals surface area contributed by atoms with Crippen LogP contribution in [0.2, 0.25) is 0 Å². The summed E-state index contributed by atoms with van der Waals surface area (Å²) < 4.78 is 40.2. The molecule has 1 aromatic rings. The molecule has 25 heavy (non-hydrogen) atoms. The Morgan fingerprint density at radius 2 is 1.88 bits per heavy atom. The van der Waals surface area contributed by atoms with Crippen molar-refractivity contribution in [3.05, 3.63) is 30.1 Å². The number of benzene rings is 1. The maximum Gasteiger partial charge on any atom is 0.246 e. The molecule has 2 rings (SSSR count). The van der Waals surface area contributed by atoms with E-state index >= 15 is 0 Å². The molecular formula is C17H26FN3O3S. The van der Waals surface area contributed by atoms with Crippen molar-refractivity contribution in [2.24, 2.45) is 0 Å². The molecule has 0 spiro atoms. The van der Waals surface area contributed by atoms with Crippen molar-refractivity contribution in [1.82, 2.24) is 14.5 Å². The Morgan fingerprint density at radius 3 is 2.48 bits per heavy atom. The molecule has 1 fully saturated rings. The zero-order chi connectivity index (χ0) is 18.4. The first-order valence-corrected chi connectivity index (χ1v) is 10.0. The number of sulfonamides is 1. The van der Waals surface area contributed by atoms with Crippen molar-refractivity contribution in [2.75, 3.05) is 32.7 Å². The van der Waals surface area contributed by atoms with E-state index in [1.807, 2.05) is 11.8 Å². The van der Waals surface area contributed by atoms with Gasteiger partial charge in [0.2, 0.25) is 15.9 Å². The van der Waals surface area contributed by atoms with Crippen molar-refractivity contribution in [3.63, 3.8) is 0 Å². The number of carbonyl (C=O) groups is 1. The Kier molecular flexibility index (Phi) is 6.92. The van der Waals surface area contributed by atoms with E-state index in [1.54, 1.807) is 0 Å². The Hall–Kier alpha value is -1.51. The first-order chi connectivity index (χ1) is 11.8. The van der Waals surface area contributed by atoms with Crippen molar-refractivity contribution in [3.8, 4) is 0 Å². The van der Waals surface area contributed by atoms with Crippen molar-refractivity contribution < 1.29 is 17.6 Å². The Balaban J connectivity index is 1.89. The number of amides is 1. The second-order valence-electron chi connectivity index (χ2n) is 6.37. The first-order valence-electron chi connectivity index (χ1n) is 8.61. The van der Waals surface area contributed by atoms with Crippen LogP contribution in [0.1, 0.15) is 26.7 Å². The molecule has 1 saturated heterocycles. The second-order valence-corrected chi connectivity index (χ2v) is 8.27. The van der Waals surface area contributed by atoms with Gasteiger partial charge in [0.25, 0.3) is 0 Å². The fourth-order valence-corrected chi connectivity index (χ4v) is 4.44. The van der Waals surface area contributed by atoms with Crippen LogP contribution in [0.5, 0.6) is 0 Å². The number of carbonyl (C=O) groups excluding carboxylic acids is 1. The molecular weight excluding hydrogens is 345 g/mol. The highest BCUT2D eigenvalue weighted by Crippen LogP contribution is 2.20. The molecule has 1 N–H and O–H groups in total. The van der Waals surface area contributed by atoms with Crippen LogP contribution in [0.25, 0.3) is 0 Å². The third-order valence-electron chi connectivity index (χ3n) is 4.28. The summed E-state index contributed by atoms with van der Waals surface area (Å²) in [5, 5.41) is 2.94. The van der Waals surface area contributed by atoms with E-state index in [0.29, 0.717) is 13.1 Å². The van der Waals surface area contributed by atoms with Crippen LogP contribution >= 0.6 is 0 Å². The molecule has 1 amide bonds. The van der Waals surface area contributed by atoms with E-state index in [0.717, 1.165) is 18.9 Å². The van der Waals surface area contributed by atoms with Gasteiger partial charge in [-0.15, -0.1) is 0 Å². The van der Waals surface area contributed by atoms with Gasteiger partial charge in [-0.25, -0.2) is 12.8 Å². The van der Waals surface area contributed by atoms with Crippen molar-refractivity contribution in [1.29, 1.82) is 0 Å². The minimum atomic E-state index is -3.84. The molecule has 0 aliphatic carbocycles. The Bertz CT molecular complexity index is 688. The first kappa shape index (κ1) is 19.8. The Morgan fingerprint density at radius 1 is 1.24 bits per heavy atom. The largest absolute Gasteiger partial charge is 0.353 e. The molecule has 0 unspecified atom stereocenters. The van der Waals surface area contributed by atoms with Crippen LogP contribution in [0, 0.1) is 5.82 Å². The number of hydrogen-bond donors (Lipinski definition) is 1. The zero-order valence-corrected chi connectivity index (χ0v) is 15.6. The molecule has 1 heterocycles. The van der Waals surface area contributed by atoms with Crippen molar-refractivity contribution >= 4 is 15.9 Å². The van der Waals surface area contributed by atoms with Crippen LogP contribution in [0.3, 0.4) is 0 Å². The summed E-state index contributed by atoms with van der Waals surface area (Å²) in [6.07, 6.45) is 1.94. The van der Waals surface area contributed by atoms with Gasteiger partial charge in [0.15, 0.2) is 0 Å². The van der Waals surface area contributed by atoms with E-state index < -0.39 is 15.8 Å². The molecule has 0 aromatic heterocycles. The highest BCUT2D eigenvalue weighted by Gasteiger charge is 2.30. The van der Waals surface area contributed by atoms with Gasteiger partial charge in [-0.3, -0.25) is 9.69 Å². The molecule has 140 valence electrons. The van der Waals surface area contributed by atoms with Gasteiger partial charge in [-0.05, 0) is 25.5 Å². The lowest BCUT2D eigenvalue weighted by molar-refractivity contribution is -0.123. The number of hydrogen-bond acceptors (Lipinski definition) is 4. The van der Waals surface area contributed by atoms with Gasteiger partial charge in [0.1, 0.15) is 10.7 Å². The summed E-state index contributed by atoms with van der Waals surface area (Å²) in [6.45, 7) is 5.68. The minimum Gasteiger partial charge on any atom is -0.353 e. The van der Waals surface area contributed by atoms with Crippen LogP contribution in [-0.4, -0.2) is 62.3 Å². The van der Waals surface area contributed by atoms with Gasteiger partial charge in [0, 0.05) is 32.2 Å². The van der Waals surface area contributed by atoms with E-state index in [4.69, 9.17) is 0 Å². The summed E-state index contributed by atoms with van der Waals surface area (Å²) in [5.74, 6) is -0.791. The summed E-state index contributed by atoms with van der Waals surface area (Å²) >= 11 is 0. The summed E-state index contributed by atoms with van der Waals surface area (Å²) in [7, 11) is -3.84. The SMILES string of the molecule is CCC[C@@H](C)NC(=O)CN1CCN(S(=O)(=O)c2ccccc2F)CC1. The maximum absolute atomic E-state index is 13.8. The monoisotopic (exact) mass is 371 g/mol.